The fraction of sp³-hybridized carbons (Fsp3) is 0.571. The van der Waals surface area contributed by atoms with E-state index in [0.717, 1.165) is 24.5 Å². The lowest BCUT2D eigenvalue weighted by atomic mass is 9.91. The van der Waals surface area contributed by atoms with Crippen molar-refractivity contribution in [2.45, 2.75) is 38.3 Å². The monoisotopic (exact) mass is 253 g/mol. The van der Waals surface area contributed by atoms with Gasteiger partial charge in [-0.2, -0.15) is 0 Å². The predicted octanol–water partition coefficient (Wildman–Crippen LogP) is 3.08. The van der Waals surface area contributed by atoms with Crippen LogP contribution in [0.2, 0.25) is 5.02 Å². The molecule has 94 valence electrons. The second kappa shape index (κ2) is 6.39. The Balaban J connectivity index is 1.98. The second-order valence-electron chi connectivity index (χ2n) is 4.72. The molecule has 0 aliphatic heterocycles. The van der Waals surface area contributed by atoms with E-state index in [-0.39, 0.29) is 6.61 Å². The Hall–Kier alpha value is -0.570. The van der Waals surface area contributed by atoms with Crippen LogP contribution in [0.5, 0.6) is 0 Å². The van der Waals surface area contributed by atoms with Crippen LogP contribution < -0.4 is 0 Å². The minimum Gasteiger partial charge on any atom is -0.396 e. The highest BCUT2D eigenvalue weighted by molar-refractivity contribution is 6.31. The van der Waals surface area contributed by atoms with E-state index in [9.17, 15) is 0 Å². The molecule has 1 aromatic rings. The molecule has 0 heterocycles. The van der Waals surface area contributed by atoms with Gasteiger partial charge in [0.25, 0.3) is 0 Å². The SMILES string of the molecule is OCCCN(Cc1ccccc1Cl)C1CCC1. The highest BCUT2D eigenvalue weighted by Crippen LogP contribution is 2.27. The van der Waals surface area contributed by atoms with Gasteiger partial charge in [-0.25, -0.2) is 0 Å². The normalized spacial score (nSPS) is 16.2. The summed E-state index contributed by atoms with van der Waals surface area (Å²) in [6, 6.07) is 8.73. The zero-order chi connectivity index (χ0) is 12.1. The first-order chi connectivity index (χ1) is 8.31. The largest absolute Gasteiger partial charge is 0.396 e. The van der Waals surface area contributed by atoms with E-state index < -0.39 is 0 Å². The Kier molecular flexibility index (Phi) is 4.84. The summed E-state index contributed by atoms with van der Waals surface area (Å²) in [6.07, 6.45) is 4.76. The summed E-state index contributed by atoms with van der Waals surface area (Å²) in [6.45, 7) is 2.14. The minimum absolute atomic E-state index is 0.270. The van der Waals surface area contributed by atoms with E-state index in [1.807, 2.05) is 18.2 Å². The van der Waals surface area contributed by atoms with Gasteiger partial charge in [-0.05, 0) is 30.9 Å². The van der Waals surface area contributed by atoms with Gasteiger partial charge in [-0.3, -0.25) is 4.90 Å². The molecule has 2 rings (SSSR count). The van der Waals surface area contributed by atoms with E-state index >= 15 is 0 Å². The van der Waals surface area contributed by atoms with Gasteiger partial charge < -0.3 is 5.11 Å². The molecular weight excluding hydrogens is 234 g/mol. The molecule has 1 aliphatic carbocycles. The number of nitrogens with zero attached hydrogens (tertiary/aromatic N) is 1. The van der Waals surface area contributed by atoms with Gasteiger partial charge in [0, 0.05) is 30.8 Å². The van der Waals surface area contributed by atoms with Gasteiger partial charge in [-0.1, -0.05) is 36.2 Å². The van der Waals surface area contributed by atoms with Crippen molar-refractivity contribution in [2.24, 2.45) is 0 Å². The van der Waals surface area contributed by atoms with Crippen molar-refractivity contribution >= 4 is 11.6 Å². The number of hydrogen-bond donors (Lipinski definition) is 1. The van der Waals surface area contributed by atoms with Gasteiger partial charge in [0.15, 0.2) is 0 Å². The number of benzene rings is 1. The number of rotatable bonds is 6. The van der Waals surface area contributed by atoms with Crippen LogP contribution in [0.15, 0.2) is 24.3 Å². The van der Waals surface area contributed by atoms with Crippen LogP contribution in [0, 0.1) is 0 Å². The molecule has 1 fully saturated rings. The molecule has 0 saturated heterocycles. The van der Waals surface area contributed by atoms with Crippen LogP contribution in [0.1, 0.15) is 31.2 Å². The third kappa shape index (κ3) is 3.44. The van der Waals surface area contributed by atoms with Gasteiger partial charge in [0.05, 0.1) is 0 Å². The maximum atomic E-state index is 8.96. The van der Waals surface area contributed by atoms with Crippen molar-refractivity contribution in [2.75, 3.05) is 13.2 Å². The second-order valence-corrected chi connectivity index (χ2v) is 5.13. The number of hydrogen-bond acceptors (Lipinski definition) is 2. The summed E-state index contributed by atoms with van der Waals surface area (Å²) in [5.74, 6) is 0. The van der Waals surface area contributed by atoms with Gasteiger partial charge in [-0.15, -0.1) is 0 Å². The van der Waals surface area contributed by atoms with Crippen molar-refractivity contribution in [1.29, 1.82) is 0 Å². The molecule has 1 aromatic carbocycles. The Labute approximate surface area is 108 Å². The molecule has 3 heteroatoms. The topological polar surface area (TPSA) is 23.5 Å². The molecule has 0 unspecified atom stereocenters. The van der Waals surface area contributed by atoms with Crippen molar-refractivity contribution in [3.05, 3.63) is 34.9 Å². The van der Waals surface area contributed by atoms with Gasteiger partial charge >= 0.3 is 0 Å². The summed E-state index contributed by atoms with van der Waals surface area (Å²) in [5.41, 5.74) is 1.19. The molecule has 1 saturated carbocycles. The molecule has 0 aromatic heterocycles. The third-order valence-corrected chi connectivity index (χ3v) is 3.89. The minimum atomic E-state index is 0.270. The molecular formula is C14H20ClNO. The Bertz CT molecular complexity index is 352. The summed E-state index contributed by atoms with van der Waals surface area (Å²) in [7, 11) is 0. The standard InChI is InChI=1S/C14H20ClNO/c15-14-8-2-1-5-12(14)11-16(9-4-10-17)13-6-3-7-13/h1-2,5,8,13,17H,3-4,6-7,9-11H2. The molecule has 0 spiro atoms. The summed E-state index contributed by atoms with van der Waals surface area (Å²) >= 11 is 6.19. The van der Waals surface area contributed by atoms with Crippen molar-refractivity contribution < 1.29 is 5.11 Å². The highest BCUT2D eigenvalue weighted by Gasteiger charge is 2.24. The van der Waals surface area contributed by atoms with Crippen LogP contribution >= 0.6 is 11.6 Å². The fourth-order valence-electron chi connectivity index (χ4n) is 2.26. The van der Waals surface area contributed by atoms with E-state index in [0.29, 0.717) is 6.04 Å². The average molecular weight is 254 g/mol. The van der Waals surface area contributed by atoms with Crippen LogP contribution in [0.4, 0.5) is 0 Å². The predicted molar refractivity (Wildman–Crippen MR) is 71.2 cm³/mol. The van der Waals surface area contributed by atoms with E-state index in [1.165, 1.54) is 24.8 Å². The zero-order valence-corrected chi connectivity index (χ0v) is 10.9. The van der Waals surface area contributed by atoms with E-state index in [1.54, 1.807) is 0 Å². The Morgan fingerprint density at radius 2 is 2.06 bits per heavy atom. The summed E-state index contributed by atoms with van der Waals surface area (Å²) < 4.78 is 0. The van der Waals surface area contributed by atoms with Crippen LogP contribution in [-0.2, 0) is 6.54 Å². The first kappa shape index (κ1) is 12.9. The number of aliphatic hydroxyl groups excluding tert-OH is 1. The van der Waals surface area contributed by atoms with Gasteiger partial charge in [0.1, 0.15) is 0 Å². The molecule has 2 nitrogen and oxygen atoms in total. The lowest BCUT2D eigenvalue weighted by molar-refractivity contribution is 0.109. The lowest BCUT2D eigenvalue weighted by Gasteiger charge is -2.37. The molecule has 0 radical (unpaired) electrons. The molecule has 0 amide bonds. The quantitative estimate of drug-likeness (QED) is 0.842. The fourth-order valence-corrected chi connectivity index (χ4v) is 2.46. The Morgan fingerprint density at radius 3 is 2.65 bits per heavy atom. The molecule has 0 atom stereocenters. The molecule has 0 bridgehead atoms. The summed E-state index contributed by atoms with van der Waals surface area (Å²) in [4.78, 5) is 2.46. The van der Waals surface area contributed by atoms with Gasteiger partial charge in [0.2, 0.25) is 0 Å². The maximum Gasteiger partial charge on any atom is 0.0451 e. The van der Waals surface area contributed by atoms with E-state index in [2.05, 4.69) is 11.0 Å². The smallest absolute Gasteiger partial charge is 0.0451 e. The molecule has 17 heavy (non-hydrogen) atoms. The van der Waals surface area contributed by atoms with Crippen molar-refractivity contribution in [3.63, 3.8) is 0 Å². The van der Waals surface area contributed by atoms with Crippen molar-refractivity contribution in [3.8, 4) is 0 Å². The molecule has 1 aliphatic rings. The Morgan fingerprint density at radius 1 is 1.29 bits per heavy atom. The van der Waals surface area contributed by atoms with Crippen LogP contribution in [0.25, 0.3) is 0 Å². The highest BCUT2D eigenvalue weighted by atomic mass is 35.5. The molecule has 1 N–H and O–H groups in total. The lowest BCUT2D eigenvalue weighted by Crippen LogP contribution is -2.40. The third-order valence-electron chi connectivity index (χ3n) is 3.53. The number of aliphatic hydroxyl groups is 1. The summed E-state index contributed by atoms with van der Waals surface area (Å²) in [5, 5.41) is 9.80. The first-order valence-corrected chi connectivity index (χ1v) is 6.77. The maximum absolute atomic E-state index is 8.96. The van der Waals surface area contributed by atoms with Crippen LogP contribution in [0.3, 0.4) is 0 Å². The first-order valence-electron chi connectivity index (χ1n) is 6.39. The number of halogens is 1. The van der Waals surface area contributed by atoms with E-state index in [4.69, 9.17) is 16.7 Å². The van der Waals surface area contributed by atoms with Crippen molar-refractivity contribution in [1.82, 2.24) is 4.90 Å². The average Bonchev–Trinajstić information content (AvgIpc) is 2.26. The zero-order valence-electron chi connectivity index (χ0n) is 10.1. The van der Waals surface area contributed by atoms with Crippen LogP contribution in [-0.4, -0.2) is 29.2 Å².